The molecule has 2 aromatic heterocycles. The van der Waals surface area contributed by atoms with Crippen LogP contribution in [0.4, 0.5) is 0 Å². The molecule has 0 N–H and O–H groups in total. The van der Waals surface area contributed by atoms with Crippen molar-refractivity contribution in [3.05, 3.63) is 46.0 Å². The first-order valence-electron chi connectivity index (χ1n) is 6.63. The van der Waals surface area contributed by atoms with Gasteiger partial charge in [-0.2, -0.15) is 9.94 Å². The van der Waals surface area contributed by atoms with Gasteiger partial charge < -0.3 is 0 Å². The molecule has 0 fully saturated rings. The highest BCUT2D eigenvalue weighted by Crippen LogP contribution is 2.16. The number of aromatic nitrogens is 5. The molecule has 3 heterocycles. The van der Waals surface area contributed by atoms with Crippen LogP contribution in [0.3, 0.4) is 0 Å². The smallest absolute Gasteiger partial charge is 0.283 e. The maximum absolute atomic E-state index is 12.3. The summed E-state index contributed by atoms with van der Waals surface area (Å²) in [7, 11) is 0. The van der Waals surface area contributed by atoms with Crippen molar-refractivity contribution in [3.63, 3.8) is 0 Å². The number of nitriles is 1. The Kier molecular flexibility index (Phi) is 2.38. The van der Waals surface area contributed by atoms with Gasteiger partial charge in [0, 0.05) is 13.0 Å². The van der Waals surface area contributed by atoms with Crippen LogP contribution in [0.25, 0.3) is 16.9 Å². The molecule has 0 saturated carbocycles. The molecule has 0 atom stereocenters. The molecule has 1 aliphatic heterocycles. The molecule has 3 aromatic rings. The summed E-state index contributed by atoms with van der Waals surface area (Å²) < 4.78 is 3.21. The number of nitrogens with zero attached hydrogens (tertiary/aromatic N) is 6. The molecule has 21 heavy (non-hydrogen) atoms. The van der Waals surface area contributed by atoms with Gasteiger partial charge in [0.05, 0.1) is 17.3 Å². The summed E-state index contributed by atoms with van der Waals surface area (Å²) in [5.41, 5.74) is 1.92. The van der Waals surface area contributed by atoms with Crippen LogP contribution in [-0.4, -0.2) is 24.5 Å². The van der Waals surface area contributed by atoms with Gasteiger partial charge in [-0.3, -0.25) is 9.36 Å². The Morgan fingerprint density at radius 3 is 2.81 bits per heavy atom. The zero-order chi connectivity index (χ0) is 14.4. The molecule has 4 rings (SSSR count). The highest BCUT2D eigenvalue weighted by atomic mass is 16.1. The summed E-state index contributed by atoms with van der Waals surface area (Å²) in [6.07, 6.45) is 1.73. The number of hydrogen-bond donors (Lipinski definition) is 0. The van der Waals surface area contributed by atoms with Gasteiger partial charge in [0.25, 0.3) is 5.56 Å². The van der Waals surface area contributed by atoms with Gasteiger partial charge in [-0.25, -0.2) is 4.98 Å². The average molecular weight is 278 g/mol. The summed E-state index contributed by atoms with van der Waals surface area (Å²) in [5.74, 6) is 0.782. The molecule has 0 saturated heterocycles. The van der Waals surface area contributed by atoms with E-state index < -0.39 is 0 Å². The zero-order valence-corrected chi connectivity index (χ0v) is 11.0. The van der Waals surface area contributed by atoms with E-state index in [0.29, 0.717) is 17.8 Å². The van der Waals surface area contributed by atoms with Crippen molar-refractivity contribution >= 4 is 11.2 Å². The van der Waals surface area contributed by atoms with Crippen molar-refractivity contribution in [2.24, 2.45) is 0 Å². The Balaban J connectivity index is 1.96. The van der Waals surface area contributed by atoms with Gasteiger partial charge >= 0.3 is 0 Å². The third-order valence-corrected chi connectivity index (χ3v) is 3.66. The minimum atomic E-state index is -0.132. The minimum absolute atomic E-state index is 0.132. The van der Waals surface area contributed by atoms with Crippen molar-refractivity contribution in [2.45, 2.75) is 19.4 Å². The van der Waals surface area contributed by atoms with E-state index in [-0.39, 0.29) is 11.1 Å². The second kappa shape index (κ2) is 4.24. The predicted octanol–water partition coefficient (Wildman–Crippen LogP) is 0.795. The summed E-state index contributed by atoms with van der Waals surface area (Å²) in [6.45, 7) is 0.695. The number of hydrogen-bond acceptors (Lipinski definition) is 5. The molecule has 1 aliphatic rings. The molecular weight excluding hydrogens is 268 g/mol. The van der Waals surface area contributed by atoms with E-state index >= 15 is 0 Å². The van der Waals surface area contributed by atoms with Crippen molar-refractivity contribution in [1.82, 2.24) is 24.5 Å². The minimum Gasteiger partial charge on any atom is -0.295 e. The maximum atomic E-state index is 12.3. The summed E-state index contributed by atoms with van der Waals surface area (Å²) in [6, 6.07) is 8.99. The Morgan fingerprint density at radius 1 is 1.24 bits per heavy atom. The molecule has 0 unspecified atom stereocenters. The Morgan fingerprint density at radius 2 is 2.05 bits per heavy atom. The van der Waals surface area contributed by atoms with Crippen molar-refractivity contribution in [3.8, 4) is 11.8 Å². The van der Waals surface area contributed by atoms with E-state index in [0.717, 1.165) is 24.4 Å². The lowest BCUT2D eigenvalue weighted by atomic mass is 10.2. The first kappa shape index (κ1) is 11.8. The summed E-state index contributed by atoms with van der Waals surface area (Å²) in [4.78, 5) is 16.9. The first-order valence-corrected chi connectivity index (χ1v) is 6.63. The van der Waals surface area contributed by atoms with Crippen LogP contribution in [0.1, 0.15) is 17.8 Å². The molecule has 0 bridgehead atoms. The molecule has 0 radical (unpaired) electrons. The molecule has 0 amide bonds. The highest BCUT2D eigenvalue weighted by Gasteiger charge is 2.20. The molecule has 102 valence electrons. The van der Waals surface area contributed by atoms with Crippen LogP contribution in [0.2, 0.25) is 0 Å². The number of aryl methyl sites for hydroxylation is 1. The fourth-order valence-corrected chi connectivity index (χ4v) is 2.61. The van der Waals surface area contributed by atoms with Crippen molar-refractivity contribution in [2.75, 3.05) is 0 Å². The van der Waals surface area contributed by atoms with Crippen LogP contribution in [0.15, 0.2) is 29.1 Å². The van der Waals surface area contributed by atoms with Gasteiger partial charge in [-0.1, -0.05) is 5.21 Å². The normalized spacial score (nSPS) is 13.3. The monoisotopic (exact) mass is 278 g/mol. The third-order valence-electron chi connectivity index (χ3n) is 3.66. The fraction of sp³-hybridized carbons (Fsp3) is 0.214. The van der Waals surface area contributed by atoms with Crippen molar-refractivity contribution < 1.29 is 0 Å². The molecular formula is C14H10N6O. The van der Waals surface area contributed by atoms with E-state index in [1.54, 1.807) is 28.8 Å². The first-order chi connectivity index (χ1) is 10.3. The third kappa shape index (κ3) is 1.66. The second-order valence-electron chi connectivity index (χ2n) is 4.92. The van der Waals surface area contributed by atoms with E-state index in [1.165, 1.54) is 4.68 Å². The molecule has 1 aromatic carbocycles. The second-order valence-corrected chi connectivity index (χ2v) is 4.92. The quantitative estimate of drug-likeness (QED) is 0.656. The van der Waals surface area contributed by atoms with Crippen LogP contribution in [0, 0.1) is 11.3 Å². The highest BCUT2D eigenvalue weighted by molar-refractivity contribution is 5.70. The molecule has 7 nitrogen and oxygen atoms in total. The van der Waals surface area contributed by atoms with Gasteiger partial charge in [0.2, 0.25) is 0 Å². The van der Waals surface area contributed by atoms with Crippen molar-refractivity contribution in [1.29, 1.82) is 5.26 Å². The Bertz CT molecular complexity index is 944. The zero-order valence-electron chi connectivity index (χ0n) is 11.0. The Hall–Kier alpha value is -3.01. The van der Waals surface area contributed by atoms with Gasteiger partial charge in [-0.05, 0) is 30.7 Å². The largest absolute Gasteiger partial charge is 0.295 e. The van der Waals surface area contributed by atoms with Crippen LogP contribution in [0.5, 0.6) is 0 Å². The Labute approximate surface area is 119 Å². The van der Waals surface area contributed by atoms with Gasteiger partial charge in [0.15, 0.2) is 11.2 Å². The van der Waals surface area contributed by atoms with Crippen LogP contribution < -0.4 is 5.56 Å². The van der Waals surface area contributed by atoms with Gasteiger partial charge in [0.1, 0.15) is 5.82 Å². The topological polar surface area (TPSA) is 89.4 Å². The van der Waals surface area contributed by atoms with Gasteiger partial charge in [-0.15, -0.1) is 5.10 Å². The maximum Gasteiger partial charge on any atom is 0.283 e. The SMILES string of the molecule is N#Cc1ccc(-n2nnc3c(=O)n4c(nc32)CCC4)cc1. The van der Waals surface area contributed by atoms with Crippen LogP contribution >= 0.6 is 0 Å². The molecule has 0 aliphatic carbocycles. The number of benzene rings is 1. The number of rotatable bonds is 1. The number of fused-ring (bicyclic) bond motifs is 2. The average Bonchev–Trinajstić information content (AvgIpc) is 3.15. The lowest BCUT2D eigenvalue weighted by molar-refractivity contribution is 0.717. The summed E-state index contributed by atoms with van der Waals surface area (Å²) >= 11 is 0. The molecule has 7 heteroatoms. The standard InChI is InChI=1S/C14H10N6O/c15-8-9-3-5-10(6-4-9)20-13-12(17-18-20)14(21)19-7-1-2-11(19)16-13/h3-6H,1-2,7H2. The summed E-state index contributed by atoms with van der Waals surface area (Å²) in [5, 5.41) is 16.8. The van der Waals surface area contributed by atoms with Crippen LogP contribution in [-0.2, 0) is 13.0 Å². The van der Waals surface area contributed by atoms with E-state index in [9.17, 15) is 4.79 Å². The fourth-order valence-electron chi connectivity index (χ4n) is 2.61. The molecule has 0 spiro atoms. The predicted molar refractivity (Wildman–Crippen MR) is 74.0 cm³/mol. The van der Waals surface area contributed by atoms with E-state index in [2.05, 4.69) is 21.4 Å². The van der Waals surface area contributed by atoms with E-state index in [4.69, 9.17) is 5.26 Å². The lowest BCUT2D eigenvalue weighted by Crippen LogP contribution is -2.21. The van der Waals surface area contributed by atoms with E-state index in [1.807, 2.05) is 0 Å². The lowest BCUT2D eigenvalue weighted by Gasteiger charge is -2.04.